The Morgan fingerprint density at radius 3 is 2.86 bits per heavy atom. The molecule has 0 bridgehead atoms. The van der Waals surface area contributed by atoms with Gasteiger partial charge in [0.05, 0.1) is 18.0 Å². The summed E-state index contributed by atoms with van der Waals surface area (Å²) in [6.45, 7) is 4.62. The lowest BCUT2D eigenvalue weighted by atomic mass is 9.64. The fourth-order valence-electron chi connectivity index (χ4n) is 5.24. The van der Waals surface area contributed by atoms with Gasteiger partial charge in [-0.3, -0.25) is 9.59 Å². The van der Waals surface area contributed by atoms with Gasteiger partial charge in [0.25, 0.3) is 0 Å². The van der Waals surface area contributed by atoms with Gasteiger partial charge in [-0.05, 0) is 31.3 Å². The van der Waals surface area contributed by atoms with E-state index in [0.29, 0.717) is 6.54 Å². The number of carbonyl (C=O) groups excluding carboxylic acids is 2. The van der Waals surface area contributed by atoms with E-state index in [1.165, 1.54) is 0 Å². The lowest BCUT2D eigenvalue weighted by Crippen LogP contribution is -2.52. The van der Waals surface area contributed by atoms with Crippen molar-refractivity contribution >= 4 is 11.9 Å². The second kappa shape index (κ2) is 4.57. The van der Waals surface area contributed by atoms with E-state index < -0.39 is 5.60 Å². The molecule has 5 heteroatoms. The van der Waals surface area contributed by atoms with Crippen molar-refractivity contribution in [3.05, 3.63) is 11.3 Å². The van der Waals surface area contributed by atoms with E-state index in [4.69, 9.17) is 4.74 Å². The molecule has 0 saturated carbocycles. The molecule has 4 aliphatic rings. The molecule has 2 saturated heterocycles. The van der Waals surface area contributed by atoms with Crippen LogP contribution >= 0.6 is 0 Å². The highest BCUT2D eigenvalue weighted by molar-refractivity contribution is 5.86. The number of hydrogen-bond acceptors (Lipinski definition) is 4. The molecule has 120 valence electrons. The van der Waals surface area contributed by atoms with Gasteiger partial charge in [0.2, 0.25) is 5.91 Å². The Hall–Kier alpha value is -1.36. The standard InChI is InChI=1S/C17H23NO4/c1-3-10-11-6-4-5-7-18-12(19)8-17(21,15(11)18)13-9(2)16(20)22-14(10)13/h9-10,13-14,21H,3-8H2,1-2H3/t9-,10+,13-,14-,17+/m1/s1. The van der Waals surface area contributed by atoms with Crippen LogP contribution in [0.3, 0.4) is 0 Å². The minimum Gasteiger partial charge on any atom is -0.461 e. The molecule has 5 nitrogen and oxygen atoms in total. The third-order valence-corrected chi connectivity index (χ3v) is 6.14. The fraction of sp³-hybridized carbons (Fsp3) is 0.765. The summed E-state index contributed by atoms with van der Waals surface area (Å²) in [6.07, 6.45) is 3.59. The second-order valence-electron chi connectivity index (χ2n) is 7.21. The largest absolute Gasteiger partial charge is 0.461 e. The summed E-state index contributed by atoms with van der Waals surface area (Å²) in [5, 5.41) is 11.4. The summed E-state index contributed by atoms with van der Waals surface area (Å²) in [4.78, 5) is 26.4. The van der Waals surface area contributed by atoms with Gasteiger partial charge in [-0.15, -0.1) is 0 Å². The van der Waals surface area contributed by atoms with Crippen LogP contribution in [-0.2, 0) is 14.3 Å². The first-order valence-electron chi connectivity index (χ1n) is 8.45. The van der Waals surface area contributed by atoms with E-state index in [9.17, 15) is 14.7 Å². The lowest BCUT2D eigenvalue weighted by molar-refractivity contribution is -0.145. The van der Waals surface area contributed by atoms with Gasteiger partial charge in [0.1, 0.15) is 11.7 Å². The van der Waals surface area contributed by atoms with Gasteiger partial charge in [-0.1, -0.05) is 13.8 Å². The van der Waals surface area contributed by atoms with E-state index in [1.807, 2.05) is 6.92 Å². The van der Waals surface area contributed by atoms with Crippen molar-refractivity contribution in [3.8, 4) is 0 Å². The van der Waals surface area contributed by atoms with Crippen LogP contribution in [0.2, 0.25) is 0 Å². The van der Waals surface area contributed by atoms with E-state index in [0.717, 1.165) is 37.0 Å². The molecular weight excluding hydrogens is 282 g/mol. The quantitative estimate of drug-likeness (QED) is 0.747. The number of rotatable bonds is 1. The molecule has 0 aromatic heterocycles. The van der Waals surface area contributed by atoms with Gasteiger partial charge in [-0.25, -0.2) is 0 Å². The average Bonchev–Trinajstić information content (AvgIpc) is 2.80. The zero-order chi connectivity index (χ0) is 15.6. The van der Waals surface area contributed by atoms with Gasteiger partial charge >= 0.3 is 5.97 Å². The van der Waals surface area contributed by atoms with E-state index in [-0.39, 0.29) is 42.2 Å². The van der Waals surface area contributed by atoms with Crippen LogP contribution in [0.15, 0.2) is 11.3 Å². The Kier molecular flexibility index (Phi) is 2.96. The number of hydrogen-bond donors (Lipinski definition) is 1. The number of amides is 1. The number of fused-ring (bicyclic) bond motifs is 2. The van der Waals surface area contributed by atoms with Crippen LogP contribution in [0.25, 0.3) is 0 Å². The molecule has 5 atom stereocenters. The van der Waals surface area contributed by atoms with E-state index >= 15 is 0 Å². The number of aliphatic hydroxyl groups is 1. The predicted molar refractivity (Wildman–Crippen MR) is 78.5 cm³/mol. The van der Waals surface area contributed by atoms with Crippen molar-refractivity contribution in [2.45, 2.75) is 57.7 Å². The highest BCUT2D eigenvalue weighted by atomic mass is 16.6. The molecule has 0 spiro atoms. The maximum Gasteiger partial charge on any atom is 0.309 e. The summed E-state index contributed by atoms with van der Waals surface area (Å²) in [6, 6.07) is 0. The SMILES string of the molecule is CC[C@H]1C2=C3N(CCCC2)C(=O)C[C@]3(O)[C@H]2[C@@H]1OC(=O)[C@@H]2C. The summed E-state index contributed by atoms with van der Waals surface area (Å²) in [5.74, 6) is -0.741. The molecule has 0 aromatic rings. The summed E-state index contributed by atoms with van der Waals surface area (Å²) in [7, 11) is 0. The Morgan fingerprint density at radius 2 is 2.14 bits per heavy atom. The van der Waals surface area contributed by atoms with Crippen LogP contribution in [0.4, 0.5) is 0 Å². The maximum atomic E-state index is 12.5. The third-order valence-electron chi connectivity index (χ3n) is 6.14. The maximum absolute atomic E-state index is 12.5. The molecule has 4 rings (SSSR count). The van der Waals surface area contributed by atoms with Crippen LogP contribution in [-0.4, -0.2) is 40.1 Å². The number of carbonyl (C=O) groups is 2. The number of ether oxygens (including phenoxy) is 1. The van der Waals surface area contributed by atoms with Crippen molar-refractivity contribution < 1.29 is 19.4 Å². The van der Waals surface area contributed by atoms with Crippen molar-refractivity contribution in [1.29, 1.82) is 0 Å². The summed E-state index contributed by atoms with van der Waals surface area (Å²) >= 11 is 0. The van der Waals surface area contributed by atoms with E-state index in [1.54, 1.807) is 4.90 Å². The Morgan fingerprint density at radius 1 is 1.36 bits per heavy atom. The first-order valence-corrected chi connectivity index (χ1v) is 8.45. The summed E-state index contributed by atoms with van der Waals surface area (Å²) < 4.78 is 5.66. The summed E-state index contributed by atoms with van der Waals surface area (Å²) in [5.41, 5.74) is 0.781. The van der Waals surface area contributed by atoms with Crippen LogP contribution in [0.1, 0.15) is 46.0 Å². The van der Waals surface area contributed by atoms with Crippen LogP contribution in [0.5, 0.6) is 0 Å². The molecule has 2 fully saturated rings. The molecule has 3 heterocycles. The molecule has 3 aliphatic heterocycles. The zero-order valence-electron chi connectivity index (χ0n) is 13.2. The molecule has 0 unspecified atom stereocenters. The molecule has 1 aliphatic carbocycles. The number of esters is 1. The lowest BCUT2D eigenvalue weighted by Gasteiger charge is -2.44. The zero-order valence-corrected chi connectivity index (χ0v) is 13.2. The first kappa shape index (κ1) is 14.2. The minimum atomic E-state index is -1.21. The van der Waals surface area contributed by atoms with Crippen molar-refractivity contribution in [2.75, 3.05) is 6.54 Å². The van der Waals surface area contributed by atoms with Crippen LogP contribution < -0.4 is 0 Å². The average molecular weight is 305 g/mol. The molecule has 1 amide bonds. The van der Waals surface area contributed by atoms with Gasteiger partial charge < -0.3 is 14.7 Å². The third kappa shape index (κ3) is 1.58. The highest BCUT2D eigenvalue weighted by Crippen LogP contribution is 2.56. The second-order valence-corrected chi connectivity index (χ2v) is 7.21. The van der Waals surface area contributed by atoms with E-state index in [2.05, 4.69) is 6.92 Å². The Labute approximate surface area is 130 Å². The van der Waals surface area contributed by atoms with Crippen LogP contribution in [0, 0.1) is 17.8 Å². The van der Waals surface area contributed by atoms with Gasteiger partial charge in [0, 0.05) is 18.4 Å². The highest BCUT2D eigenvalue weighted by Gasteiger charge is 2.65. The normalized spacial score (nSPS) is 43.9. The van der Waals surface area contributed by atoms with Crippen molar-refractivity contribution in [3.63, 3.8) is 0 Å². The fourth-order valence-corrected chi connectivity index (χ4v) is 5.24. The first-order chi connectivity index (χ1) is 10.5. The van der Waals surface area contributed by atoms with Gasteiger partial charge in [-0.2, -0.15) is 0 Å². The van der Waals surface area contributed by atoms with Crippen molar-refractivity contribution in [1.82, 2.24) is 4.90 Å². The molecular formula is C17H23NO4. The molecule has 1 N–H and O–H groups in total. The number of nitrogens with zero attached hydrogens (tertiary/aromatic N) is 1. The minimum absolute atomic E-state index is 0.000970. The predicted octanol–water partition coefficient (Wildman–Crippen LogP) is 1.61. The Bertz CT molecular complexity index is 583. The smallest absolute Gasteiger partial charge is 0.309 e. The molecule has 0 radical (unpaired) electrons. The molecule has 0 aromatic carbocycles. The van der Waals surface area contributed by atoms with Crippen molar-refractivity contribution in [2.24, 2.45) is 17.8 Å². The topological polar surface area (TPSA) is 66.8 Å². The monoisotopic (exact) mass is 305 g/mol. The Balaban J connectivity index is 1.92. The van der Waals surface area contributed by atoms with Gasteiger partial charge in [0.15, 0.2) is 0 Å². The molecule has 22 heavy (non-hydrogen) atoms.